The van der Waals surface area contributed by atoms with E-state index in [-0.39, 0.29) is 18.4 Å². The summed E-state index contributed by atoms with van der Waals surface area (Å²) in [6.07, 6.45) is 1.15. The van der Waals surface area contributed by atoms with Crippen molar-refractivity contribution in [2.45, 2.75) is 25.8 Å². The normalized spacial score (nSPS) is 12.6. The smallest absolute Gasteiger partial charge is 0.226 e. The summed E-state index contributed by atoms with van der Waals surface area (Å²) in [5.74, 6) is -0.0275. The summed E-state index contributed by atoms with van der Waals surface area (Å²) < 4.78 is 5.17. The number of rotatable bonds is 5. The third-order valence-electron chi connectivity index (χ3n) is 2.82. The number of carbonyl (C=O) groups is 1. The first-order valence-electron chi connectivity index (χ1n) is 5.93. The summed E-state index contributed by atoms with van der Waals surface area (Å²) in [5.41, 5.74) is 1.40. The molecule has 0 fully saturated rings. The van der Waals surface area contributed by atoms with Gasteiger partial charge >= 0.3 is 0 Å². The van der Waals surface area contributed by atoms with E-state index in [1.54, 1.807) is 0 Å². The molecular formula is C13H15BrN2O2. The Morgan fingerprint density at radius 2 is 2.28 bits per heavy atom. The number of aromatic nitrogens is 1. The third kappa shape index (κ3) is 2.90. The highest BCUT2D eigenvalue weighted by atomic mass is 79.9. The maximum atomic E-state index is 11.9. The molecule has 1 heterocycles. The molecule has 4 nitrogen and oxygen atoms in total. The van der Waals surface area contributed by atoms with Crippen molar-refractivity contribution < 1.29 is 9.32 Å². The number of para-hydroxylation sites is 1. The summed E-state index contributed by atoms with van der Waals surface area (Å²) in [7, 11) is 0. The number of fused-ring (bicyclic) bond motifs is 1. The van der Waals surface area contributed by atoms with E-state index in [1.807, 2.05) is 31.2 Å². The lowest BCUT2D eigenvalue weighted by atomic mass is 10.1. The Hall–Kier alpha value is -1.36. The maximum absolute atomic E-state index is 11.9. The Kier molecular flexibility index (Phi) is 4.36. The largest absolute Gasteiger partial charge is 0.356 e. The Morgan fingerprint density at radius 1 is 1.50 bits per heavy atom. The predicted molar refractivity (Wildman–Crippen MR) is 73.7 cm³/mol. The monoisotopic (exact) mass is 310 g/mol. The van der Waals surface area contributed by atoms with E-state index < -0.39 is 0 Å². The Bertz CT molecular complexity index is 535. The van der Waals surface area contributed by atoms with Gasteiger partial charge in [0, 0.05) is 16.8 Å². The molecular weight excluding hydrogens is 296 g/mol. The number of nitrogens with zero attached hydrogens (tertiary/aromatic N) is 1. The molecule has 1 aromatic heterocycles. The lowest BCUT2D eigenvalue weighted by Gasteiger charge is -2.12. The summed E-state index contributed by atoms with van der Waals surface area (Å²) >= 11 is 3.37. The molecule has 0 aliphatic heterocycles. The molecule has 96 valence electrons. The first-order valence-corrected chi connectivity index (χ1v) is 7.05. The fraction of sp³-hybridized carbons (Fsp3) is 0.385. The highest BCUT2D eigenvalue weighted by Gasteiger charge is 2.14. The number of hydrogen-bond acceptors (Lipinski definition) is 3. The highest BCUT2D eigenvalue weighted by Crippen LogP contribution is 2.18. The van der Waals surface area contributed by atoms with Gasteiger partial charge in [-0.3, -0.25) is 4.79 Å². The third-order valence-corrected chi connectivity index (χ3v) is 3.61. The molecule has 18 heavy (non-hydrogen) atoms. The van der Waals surface area contributed by atoms with Gasteiger partial charge in [0.05, 0.1) is 6.42 Å². The number of benzene rings is 1. The van der Waals surface area contributed by atoms with E-state index >= 15 is 0 Å². The molecule has 1 atom stereocenters. The highest BCUT2D eigenvalue weighted by molar-refractivity contribution is 9.09. The Morgan fingerprint density at radius 3 is 3.00 bits per heavy atom. The molecule has 1 aromatic carbocycles. The molecule has 0 spiro atoms. The molecule has 1 amide bonds. The van der Waals surface area contributed by atoms with Gasteiger partial charge in [-0.1, -0.05) is 40.1 Å². The van der Waals surface area contributed by atoms with Crippen LogP contribution in [0.5, 0.6) is 0 Å². The molecule has 0 bridgehead atoms. The number of nitrogens with one attached hydrogen (secondary N) is 1. The van der Waals surface area contributed by atoms with Crippen LogP contribution in [-0.4, -0.2) is 22.4 Å². The van der Waals surface area contributed by atoms with Crippen LogP contribution in [-0.2, 0) is 11.2 Å². The first kappa shape index (κ1) is 13.1. The zero-order valence-corrected chi connectivity index (χ0v) is 11.7. The van der Waals surface area contributed by atoms with Crippen LogP contribution in [0.1, 0.15) is 19.0 Å². The number of carbonyl (C=O) groups excluding carboxylic acids is 1. The van der Waals surface area contributed by atoms with Crippen molar-refractivity contribution in [3.05, 3.63) is 30.0 Å². The average Bonchev–Trinajstić information content (AvgIpc) is 2.79. The minimum absolute atomic E-state index is 0.0275. The second-order valence-electron chi connectivity index (χ2n) is 4.13. The number of halogens is 1. The quantitative estimate of drug-likeness (QED) is 0.864. The lowest BCUT2D eigenvalue weighted by molar-refractivity contribution is -0.121. The van der Waals surface area contributed by atoms with E-state index in [0.717, 1.165) is 17.1 Å². The fourth-order valence-corrected chi connectivity index (χ4v) is 2.37. The number of amides is 1. The number of alkyl halides is 1. The molecule has 1 unspecified atom stereocenters. The average molecular weight is 311 g/mol. The zero-order valence-electron chi connectivity index (χ0n) is 10.1. The summed E-state index contributed by atoms with van der Waals surface area (Å²) in [4.78, 5) is 11.9. The van der Waals surface area contributed by atoms with Gasteiger partial charge in [0.15, 0.2) is 5.58 Å². The molecule has 0 radical (unpaired) electrons. The van der Waals surface area contributed by atoms with Crippen molar-refractivity contribution in [3.8, 4) is 0 Å². The number of hydrogen-bond donors (Lipinski definition) is 1. The van der Waals surface area contributed by atoms with Crippen molar-refractivity contribution in [3.63, 3.8) is 0 Å². The molecule has 0 aliphatic rings. The topological polar surface area (TPSA) is 55.1 Å². The van der Waals surface area contributed by atoms with Crippen molar-refractivity contribution in [1.82, 2.24) is 10.5 Å². The zero-order chi connectivity index (χ0) is 13.0. The van der Waals surface area contributed by atoms with E-state index in [0.29, 0.717) is 11.3 Å². The Balaban J connectivity index is 2.07. The second-order valence-corrected chi connectivity index (χ2v) is 4.78. The molecule has 2 rings (SSSR count). The SMILES string of the molecule is CCC(CBr)NC(=O)Cc1noc2ccccc12. The van der Waals surface area contributed by atoms with E-state index in [4.69, 9.17) is 4.52 Å². The molecule has 0 saturated carbocycles. The van der Waals surface area contributed by atoms with Gasteiger partial charge < -0.3 is 9.84 Å². The molecule has 5 heteroatoms. The fourth-order valence-electron chi connectivity index (χ4n) is 1.75. The van der Waals surface area contributed by atoms with Crippen LogP contribution < -0.4 is 5.32 Å². The van der Waals surface area contributed by atoms with Gasteiger partial charge in [-0.25, -0.2) is 0 Å². The molecule has 0 aliphatic carbocycles. The summed E-state index contributed by atoms with van der Waals surface area (Å²) in [6.45, 7) is 2.04. The standard InChI is InChI=1S/C13H15BrN2O2/c1-2-9(8-14)15-13(17)7-11-10-5-3-4-6-12(10)18-16-11/h3-6,9H,2,7-8H2,1H3,(H,15,17). The molecule has 0 saturated heterocycles. The summed E-state index contributed by atoms with van der Waals surface area (Å²) in [6, 6.07) is 7.72. The van der Waals surface area contributed by atoms with E-state index in [9.17, 15) is 4.79 Å². The molecule has 2 aromatic rings. The van der Waals surface area contributed by atoms with Crippen LogP contribution in [0.4, 0.5) is 0 Å². The van der Waals surface area contributed by atoms with Crippen LogP contribution in [0.15, 0.2) is 28.8 Å². The van der Waals surface area contributed by atoms with Crippen LogP contribution in [0.3, 0.4) is 0 Å². The van der Waals surface area contributed by atoms with Gasteiger partial charge in [-0.05, 0) is 18.6 Å². The maximum Gasteiger partial charge on any atom is 0.226 e. The van der Waals surface area contributed by atoms with Gasteiger partial charge in [0.1, 0.15) is 5.69 Å². The van der Waals surface area contributed by atoms with Crippen molar-refractivity contribution in [1.29, 1.82) is 0 Å². The predicted octanol–water partition coefficient (Wildman–Crippen LogP) is 2.66. The van der Waals surface area contributed by atoms with Crippen LogP contribution in [0.25, 0.3) is 11.0 Å². The van der Waals surface area contributed by atoms with Gasteiger partial charge in [0.25, 0.3) is 0 Å². The van der Waals surface area contributed by atoms with Crippen LogP contribution >= 0.6 is 15.9 Å². The lowest BCUT2D eigenvalue weighted by Crippen LogP contribution is -2.36. The molecule has 1 N–H and O–H groups in total. The van der Waals surface area contributed by atoms with Crippen molar-refractivity contribution in [2.24, 2.45) is 0 Å². The first-order chi connectivity index (χ1) is 8.74. The summed E-state index contributed by atoms with van der Waals surface area (Å²) in [5, 5.41) is 8.56. The van der Waals surface area contributed by atoms with Crippen LogP contribution in [0.2, 0.25) is 0 Å². The minimum atomic E-state index is -0.0275. The van der Waals surface area contributed by atoms with Gasteiger partial charge in [0.2, 0.25) is 5.91 Å². The minimum Gasteiger partial charge on any atom is -0.356 e. The van der Waals surface area contributed by atoms with Crippen LogP contribution in [0, 0.1) is 0 Å². The second kappa shape index (κ2) is 6.00. The van der Waals surface area contributed by atoms with Gasteiger partial charge in [-0.2, -0.15) is 0 Å². The van der Waals surface area contributed by atoms with E-state index in [1.165, 1.54) is 0 Å². The van der Waals surface area contributed by atoms with Crippen molar-refractivity contribution >= 4 is 32.8 Å². The van der Waals surface area contributed by atoms with Gasteiger partial charge in [-0.15, -0.1) is 0 Å². The van der Waals surface area contributed by atoms with Crippen molar-refractivity contribution in [2.75, 3.05) is 5.33 Å². The Labute approximate surface area is 114 Å². The van der Waals surface area contributed by atoms with E-state index in [2.05, 4.69) is 26.4 Å².